The quantitative estimate of drug-likeness (QED) is 0.694. The molecule has 6 nitrogen and oxygen atoms in total. The van der Waals surface area contributed by atoms with Gasteiger partial charge in [0.15, 0.2) is 0 Å². The largest absolute Gasteiger partial charge is 0.508 e. The molecule has 2 N–H and O–H groups in total. The third-order valence-corrected chi connectivity index (χ3v) is 7.13. The highest BCUT2D eigenvalue weighted by Crippen LogP contribution is 2.53. The number of carboxylic acids is 1. The summed E-state index contributed by atoms with van der Waals surface area (Å²) in [6.07, 6.45) is 4.83. The van der Waals surface area contributed by atoms with Crippen molar-refractivity contribution in [3.05, 3.63) is 65.2 Å². The van der Waals surface area contributed by atoms with Crippen LogP contribution in [0.3, 0.4) is 0 Å². The van der Waals surface area contributed by atoms with Gasteiger partial charge in [-0.25, -0.2) is 4.79 Å². The number of phenolic OH excluding ortho intramolecular Hbond substituents is 1. The minimum Gasteiger partial charge on any atom is -0.508 e. The minimum absolute atomic E-state index is 0.0673. The highest BCUT2D eigenvalue weighted by Gasteiger charge is 2.53. The van der Waals surface area contributed by atoms with Gasteiger partial charge in [0.25, 0.3) is 0 Å². The van der Waals surface area contributed by atoms with Crippen LogP contribution in [0.25, 0.3) is 6.08 Å². The fraction of sp³-hybridized carbons (Fsp3) is 0.423. The summed E-state index contributed by atoms with van der Waals surface area (Å²) in [7, 11) is 0. The van der Waals surface area contributed by atoms with Gasteiger partial charge in [0, 0.05) is 36.7 Å². The molecule has 32 heavy (non-hydrogen) atoms. The molecule has 0 saturated carbocycles. The Bertz CT molecular complexity index is 1040. The number of fused-ring (bicyclic) bond motifs is 4. The Morgan fingerprint density at radius 1 is 1.22 bits per heavy atom. The monoisotopic (exact) mass is 435 g/mol. The average molecular weight is 436 g/mol. The number of likely N-dealkylation sites (tertiary alicyclic amines) is 1. The minimum atomic E-state index is -0.944. The number of hydrogen-bond donors (Lipinski definition) is 2. The van der Waals surface area contributed by atoms with Gasteiger partial charge in [-0.05, 0) is 62.1 Å². The van der Waals surface area contributed by atoms with Crippen molar-refractivity contribution in [1.29, 1.82) is 0 Å². The van der Waals surface area contributed by atoms with Crippen LogP contribution < -0.4 is 4.74 Å². The zero-order valence-corrected chi connectivity index (χ0v) is 18.4. The van der Waals surface area contributed by atoms with Gasteiger partial charge in [-0.3, -0.25) is 4.90 Å². The lowest BCUT2D eigenvalue weighted by Crippen LogP contribution is -2.53. The van der Waals surface area contributed by atoms with Crippen LogP contribution >= 0.6 is 0 Å². The molecule has 0 aliphatic carbocycles. The van der Waals surface area contributed by atoms with E-state index < -0.39 is 5.97 Å². The molecule has 2 aromatic carbocycles. The van der Waals surface area contributed by atoms with Gasteiger partial charge in [0.05, 0.1) is 12.2 Å². The number of nitrogens with zero attached hydrogens (tertiary/aromatic N) is 1. The van der Waals surface area contributed by atoms with E-state index in [0.29, 0.717) is 6.04 Å². The molecule has 4 atom stereocenters. The van der Waals surface area contributed by atoms with Crippen LogP contribution in [0.15, 0.2) is 48.5 Å². The van der Waals surface area contributed by atoms with Gasteiger partial charge in [0.2, 0.25) is 0 Å². The maximum absolute atomic E-state index is 10.7. The summed E-state index contributed by atoms with van der Waals surface area (Å²) in [6.45, 7) is 6.08. The van der Waals surface area contributed by atoms with E-state index in [1.54, 1.807) is 18.2 Å². The van der Waals surface area contributed by atoms with Crippen LogP contribution in [0, 0.1) is 5.92 Å². The SMILES string of the molecule is CC1(C)Oc2ccc(O)cc2[C@@H]2O[C@@H]3CCN(Cc4ccc(/C=C/C(=O)O)cc4)[C@H]3C[C@H]21. The van der Waals surface area contributed by atoms with Crippen molar-refractivity contribution < 1.29 is 24.5 Å². The maximum atomic E-state index is 10.7. The molecule has 0 radical (unpaired) electrons. The van der Waals surface area contributed by atoms with Crippen molar-refractivity contribution in [2.24, 2.45) is 5.92 Å². The van der Waals surface area contributed by atoms with E-state index >= 15 is 0 Å². The normalized spacial score (nSPS) is 28.6. The van der Waals surface area contributed by atoms with Crippen molar-refractivity contribution >= 4 is 12.0 Å². The van der Waals surface area contributed by atoms with Crippen LogP contribution in [-0.4, -0.2) is 45.4 Å². The van der Waals surface area contributed by atoms with Crippen molar-refractivity contribution in [3.63, 3.8) is 0 Å². The lowest BCUT2D eigenvalue weighted by Gasteiger charge is -2.50. The van der Waals surface area contributed by atoms with Crippen molar-refractivity contribution in [1.82, 2.24) is 4.90 Å². The van der Waals surface area contributed by atoms with Gasteiger partial charge in [-0.1, -0.05) is 24.3 Å². The van der Waals surface area contributed by atoms with E-state index in [9.17, 15) is 9.90 Å². The zero-order chi connectivity index (χ0) is 22.5. The fourth-order valence-corrected chi connectivity index (χ4v) is 5.49. The molecule has 0 spiro atoms. The van der Waals surface area contributed by atoms with E-state index in [-0.39, 0.29) is 29.5 Å². The number of benzene rings is 2. The first-order chi connectivity index (χ1) is 15.3. The smallest absolute Gasteiger partial charge is 0.328 e. The number of aromatic hydroxyl groups is 1. The van der Waals surface area contributed by atoms with Gasteiger partial charge in [-0.2, -0.15) is 0 Å². The molecule has 168 valence electrons. The molecule has 0 aromatic heterocycles. The van der Waals surface area contributed by atoms with E-state index in [2.05, 4.69) is 30.9 Å². The molecule has 2 fully saturated rings. The number of ether oxygens (including phenoxy) is 2. The number of carbonyl (C=O) groups is 1. The molecule has 6 heteroatoms. The van der Waals surface area contributed by atoms with Crippen LogP contribution in [0.4, 0.5) is 0 Å². The van der Waals surface area contributed by atoms with Crippen LogP contribution in [0.2, 0.25) is 0 Å². The second-order valence-electron chi connectivity index (χ2n) is 9.60. The third-order valence-electron chi connectivity index (χ3n) is 7.13. The maximum Gasteiger partial charge on any atom is 0.328 e. The van der Waals surface area contributed by atoms with Crippen LogP contribution in [0.5, 0.6) is 11.5 Å². The predicted octanol–water partition coefficient (Wildman–Crippen LogP) is 4.38. The van der Waals surface area contributed by atoms with Gasteiger partial charge < -0.3 is 19.7 Å². The molecule has 0 amide bonds. The number of phenols is 1. The van der Waals surface area contributed by atoms with Crippen molar-refractivity contribution in [2.75, 3.05) is 6.54 Å². The van der Waals surface area contributed by atoms with Gasteiger partial charge in [-0.15, -0.1) is 0 Å². The number of carboxylic acid groups (broad SMARTS) is 1. The first kappa shape index (κ1) is 21.0. The zero-order valence-electron chi connectivity index (χ0n) is 18.4. The molecular weight excluding hydrogens is 406 g/mol. The molecule has 3 aliphatic rings. The summed E-state index contributed by atoms with van der Waals surface area (Å²) in [4.78, 5) is 13.2. The Kier molecular flexibility index (Phi) is 5.22. The van der Waals surface area contributed by atoms with Crippen molar-refractivity contribution in [2.45, 2.75) is 57.1 Å². The number of rotatable bonds is 4. The Morgan fingerprint density at radius 3 is 2.75 bits per heavy atom. The molecule has 0 unspecified atom stereocenters. The summed E-state index contributed by atoms with van der Waals surface area (Å²) >= 11 is 0. The lowest BCUT2D eigenvalue weighted by atomic mass is 9.74. The first-order valence-corrected chi connectivity index (χ1v) is 11.2. The fourth-order valence-electron chi connectivity index (χ4n) is 5.49. The summed E-state index contributed by atoms with van der Waals surface area (Å²) in [5, 5.41) is 18.8. The van der Waals surface area contributed by atoms with E-state index in [1.807, 2.05) is 18.2 Å². The second kappa shape index (κ2) is 7.94. The average Bonchev–Trinajstić information content (AvgIpc) is 3.14. The highest BCUT2D eigenvalue weighted by molar-refractivity contribution is 5.85. The molecule has 0 bridgehead atoms. The topological polar surface area (TPSA) is 79.2 Å². The van der Waals surface area contributed by atoms with E-state index in [1.165, 1.54) is 5.56 Å². The van der Waals surface area contributed by atoms with Crippen LogP contribution in [-0.2, 0) is 16.1 Å². The Labute approximate surface area is 188 Å². The summed E-state index contributed by atoms with van der Waals surface area (Å²) in [6, 6.07) is 13.7. The van der Waals surface area contributed by atoms with E-state index in [4.69, 9.17) is 14.6 Å². The molecule has 2 aromatic rings. The summed E-state index contributed by atoms with van der Waals surface area (Å²) in [5.41, 5.74) is 2.68. The molecule has 2 saturated heterocycles. The Hall–Kier alpha value is -2.83. The van der Waals surface area contributed by atoms with Crippen molar-refractivity contribution in [3.8, 4) is 11.5 Å². The van der Waals surface area contributed by atoms with E-state index in [0.717, 1.165) is 48.9 Å². The lowest BCUT2D eigenvalue weighted by molar-refractivity contribution is -0.162. The third kappa shape index (κ3) is 3.89. The molecular formula is C26H29NO5. The molecule has 5 rings (SSSR count). The number of hydrogen-bond acceptors (Lipinski definition) is 5. The first-order valence-electron chi connectivity index (χ1n) is 11.2. The summed E-state index contributed by atoms with van der Waals surface area (Å²) in [5.74, 6) is 0.299. The summed E-state index contributed by atoms with van der Waals surface area (Å²) < 4.78 is 13.0. The molecule has 3 heterocycles. The Morgan fingerprint density at radius 2 is 2.00 bits per heavy atom. The molecule has 3 aliphatic heterocycles. The van der Waals surface area contributed by atoms with Crippen LogP contribution in [0.1, 0.15) is 49.5 Å². The van der Waals surface area contributed by atoms with Gasteiger partial charge >= 0.3 is 5.97 Å². The predicted molar refractivity (Wildman–Crippen MR) is 120 cm³/mol. The number of aliphatic carboxylic acids is 1. The highest BCUT2D eigenvalue weighted by atomic mass is 16.5. The van der Waals surface area contributed by atoms with Gasteiger partial charge in [0.1, 0.15) is 17.1 Å². The Balaban J connectivity index is 1.33. The second-order valence-corrected chi connectivity index (χ2v) is 9.60. The standard InChI is InChI=1S/C26H29NO5/c1-26(2)20-14-21-23(31-25(20)19-13-18(28)8-9-22(19)32-26)11-12-27(21)15-17-5-3-16(4-6-17)7-10-24(29)30/h3-10,13,20-21,23,25,28H,11-12,14-15H2,1-2H3,(H,29,30)/b10-7+/t20-,21+,23-,25+/m1/s1.